The van der Waals surface area contributed by atoms with Gasteiger partial charge in [-0.2, -0.15) is 0 Å². The molecular weight excluding hydrogens is 400 g/mol. The number of carbonyl (C=O) groups is 1. The predicted molar refractivity (Wildman–Crippen MR) is 116 cm³/mol. The molecule has 0 spiro atoms. The lowest BCUT2D eigenvalue weighted by Crippen LogP contribution is -2.28. The summed E-state index contributed by atoms with van der Waals surface area (Å²) in [4.78, 5) is 29.5. The van der Waals surface area contributed by atoms with Crippen LogP contribution in [0.2, 0.25) is 0 Å². The number of fused-ring (bicyclic) bond motifs is 3. The van der Waals surface area contributed by atoms with Gasteiger partial charge in [0.1, 0.15) is 0 Å². The van der Waals surface area contributed by atoms with Crippen molar-refractivity contribution in [3.8, 4) is 0 Å². The monoisotopic (exact) mass is 420 g/mol. The summed E-state index contributed by atoms with van der Waals surface area (Å²) < 4.78 is 3.33. The summed E-state index contributed by atoms with van der Waals surface area (Å²) in [6.45, 7) is 5.93. The Labute approximate surface area is 176 Å². The van der Waals surface area contributed by atoms with E-state index in [1.54, 1.807) is 22.7 Å². The fraction of sp³-hybridized carbons (Fsp3) is 0.190. The van der Waals surface area contributed by atoms with Crippen molar-refractivity contribution in [2.75, 3.05) is 5.75 Å². The molecule has 1 atom stereocenters. The van der Waals surface area contributed by atoms with E-state index in [1.807, 2.05) is 43.3 Å². The fourth-order valence-corrected chi connectivity index (χ4v) is 3.99. The van der Waals surface area contributed by atoms with E-state index < -0.39 is 0 Å². The van der Waals surface area contributed by atoms with Gasteiger partial charge in [-0.3, -0.25) is 23.5 Å². The van der Waals surface area contributed by atoms with Crippen LogP contribution in [0.4, 0.5) is 0 Å². The largest absolute Gasteiger partial charge is 0.347 e. The van der Waals surface area contributed by atoms with Gasteiger partial charge >= 0.3 is 0 Å². The minimum atomic E-state index is -0.201. The summed E-state index contributed by atoms with van der Waals surface area (Å²) in [7, 11) is 0. The van der Waals surface area contributed by atoms with Crippen LogP contribution < -0.4 is 10.9 Å². The van der Waals surface area contributed by atoms with Crippen LogP contribution in [0.25, 0.3) is 16.7 Å². The molecule has 4 aromatic rings. The second kappa shape index (κ2) is 8.50. The maximum Gasteiger partial charge on any atom is 0.263 e. The standard InChI is InChI=1S/C21H20N6O2S/c1-3-12-26-19(29)15-8-4-5-10-17(15)27-20(26)24-25-21(27)30-13-18(28)23-14(2)16-9-6-7-11-22-16/h3-11,14H,1,12-13H2,2H3,(H,23,28). The van der Waals surface area contributed by atoms with E-state index >= 15 is 0 Å². The van der Waals surface area contributed by atoms with Crippen molar-refractivity contribution in [1.29, 1.82) is 0 Å². The van der Waals surface area contributed by atoms with Gasteiger partial charge in [0.25, 0.3) is 5.56 Å². The van der Waals surface area contributed by atoms with E-state index in [0.29, 0.717) is 28.4 Å². The van der Waals surface area contributed by atoms with Crippen molar-refractivity contribution in [1.82, 2.24) is 29.5 Å². The molecule has 9 heteroatoms. The number of pyridine rings is 1. The van der Waals surface area contributed by atoms with E-state index in [-0.39, 0.29) is 23.3 Å². The van der Waals surface area contributed by atoms with Crippen LogP contribution in [0.1, 0.15) is 18.7 Å². The van der Waals surface area contributed by atoms with E-state index in [2.05, 4.69) is 27.1 Å². The van der Waals surface area contributed by atoms with Gasteiger partial charge in [-0.25, -0.2) is 0 Å². The second-order valence-corrected chi connectivity index (χ2v) is 7.61. The zero-order valence-electron chi connectivity index (χ0n) is 16.4. The Bertz CT molecular complexity index is 1280. The minimum Gasteiger partial charge on any atom is -0.347 e. The fourth-order valence-electron chi connectivity index (χ4n) is 3.24. The van der Waals surface area contributed by atoms with Gasteiger partial charge in [0, 0.05) is 12.7 Å². The van der Waals surface area contributed by atoms with Gasteiger partial charge in [-0.05, 0) is 31.2 Å². The van der Waals surface area contributed by atoms with Crippen molar-refractivity contribution in [2.24, 2.45) is 0 Å². The van der Waals surface area contributed by atoms with Crippen molar-refractivity contribution < 1.29 is 4.79 Å². The Balaban J connectivity index is 1.61. The Morgan fingerprint density at radius 1 is 1.23 bits per heavy atom. The highest BCUT2D eigenvalue weighted by Gasteiger charge is 2.18. The van der Waals surface area contributed by atoms with Crippen LogP contribution in [-0.4, -0.2) is 35.8 Å². The Morgan fingerprint density at radius 3 is 2.80 bits per heavy atom. The molecule has 152 valence electrons. The molecule has 0 saturated carbocycles. The summed E-state index contributed by atoms with van der Waals surface area (Å²) in [5.74, 6) is 0.439. The molecule has 3 aromatic heterocycles. The zero-order chi connectivity index (χ0) is 21.1. The van der Waals surface area contributed by atoms with E-state index in [0.717, 1.165) is 5.69 Å². The smallest absolute Gasteiger partial charge is 0.263 e. The summed E-state index contributed by atoms with van der Waals surface area (Å²) in [6.07, 6.45) is 3.34. The number of hydrogen-bond acceptors (Lipinski definition) is 6. The summed E-state index contributed by atoms with van der Waals surface area (Å²) in [6, 6.07) is 12.7. The molecule has 1 N–H and O–H groups in total. The normalized spacial score (nSPS) is 12.2. The molecule has 0 aliphatic carbocycles. The topological polar surface area (TPSA) is 94.2 Å². The summed E-state index contributed by atoms with van der Waals surface area (Å²) in [5, 5.41) is 12.5. The Kier molecular flexibility index (Phi) is 5.62. The third-order valence-corrected chi connectivity index (χ3v) is 5.56. The average molecular weight is 420 g/mol. The molecule has 0 bridgehead atoms. The van der Waals surface area contributed by atoms with Gasteiger partial charge in [0.05, 0.1) is 28.4 Å². The van der Waals surface area contributed by atoms with Crippen molar-refractivity contribution in [3.05, 3.63) is 77.4 Å². The van der Waals surface area contributed by atoms with Gasteiger partial charge in [0.2, 0.25) is 11.7 Å². The number of carbonyl (C=O) groups excluding carboxylic acids is 1. The van der Waals surface area contributed by atoms with Gasteiger partial charge in [-0.15, -0.1) is 16.8 Å². The van der Waals surface area contributed by atoms with Gasteiger partial charge in [-0.1, -0.05) is 36.0 Å². The molecule has 30 heavy (non-hydrogen) atoms. The highest BCUT2D eigenvalue weighted by Crippen LogP contribution is 2.21. The zero-order valence-corrected chi connectivity index (χ0v) is 17.2. The number of thioether (sulfide) groups is 1. The lowest BCUT2D eigenvalue weighted by molar-refractivity contribution is -0.119. The molecule has 1 unspecified atom stereocenters. The second-order valence-electron chi connectivity index (χ2n) is 6.67. The van der Waals surface area contributed by atoms with Gasteiger partial charge in [0.15, 0.2) is 5.16 Å². The molecule has 1 aromatic carbocycles. The first-order chi connectivity index (χ1) is 14.6. The maximum absolute atomic E-state index is 12.8. The third-order valence-electron chi connectivity index (χ3n) is 4.63. The van der Waals surface area contributed by atoms with Crippen LogP contribution in [0, 0.1) is 0 Å². The SMILES string of the molecule is C=CCn1c(=O)c2ccccc2n2c(SCC(=O)NC(C)c3ccccn3)nnc12. The third kappa shape index (κ3) is 3.71. The average Bonchev–Trinajstić information content (AvgIpc) is 3.20. The number of amides is 1. The van der Waals surface area contributed by atoms with Crippen molar-refractivity contribution >= 4 is 34.3 Å². The number of hydrogen-bond donors (Lipinski definition) is 1. The molecule has 1 amide bonds. The maximum atomic E-state index is 12.8. The van der Waals surface area contributed by atoms with Gasteiger partial charge < -0.3 is 5.32 Å². The molecule has 0 fully saturated rings. The number of allylic oxidation sites excluding steroid dienone is 1. The molecule has 8 nitrogen and oxygen atoms in total. The summed E-state index contributed by atoms with van der Waals surface area (Å²) >= 11 is 1.27. The Hall–Kier alpha value is -3.46. The molecular formula is C21H20N6O2S. The lowest BCUT2D eigenvalue weighted by Gasteiger charge is -2.13. The van der Waals surface area contributed by atoms with Crippen LogP contribution in [0.3, 0.4) is 0 Å². The molecule has 3 heterocycles. The molecule has 0 aliphatic heterocycles. The van der Waals surface area contributed by atoms with Crippen LogP contribution in [0.5, 0.6) is 0 Å². The first-order valence-electron chi connectivity index (χ1n) is 9.41. The van der Waals surface area contributed by atoms with E-state index in [9.17, 15) is 9.59 Å². The molecule has 4 rings (SSSR count). The quantitative estimate of drug-likeness (QED) is 0.365. The van der Waals surface area contributed by atoms with E-state index in [4.69, 9.17) is 0 Å². The first-order valence-corrected chi connectivity index (χ1v) is 10.4. The van der Waals surface area contributed by atoms with Crippen LogP contribution in [-0.2, 0) is 11.3 Å². The van der Waals surface area contributed by atoms with E-state index in [1.165, 1.54) is 16.3 Å². The Morgan fingerprint density at radius 2 is 2.03 bits per heavy atom. The number of aromatic nitrogens is 5. The highest BCUT2D eigenvalue weighted by atomic mass is 32.2. The highest BCUT2D eigenvalue weighted by molar-refractivity contribution is 7.99. The number of nitrogens with one attached hydrogen (secondary N) is 1. The summed E-state index contributed by atoms with van der Waals surface area (Å²) in [5.41, 5.74) is 1.35. The van der Waals surface area contributed by atoms with Crippen LogP contribution in [0.15, 0.2) is 71.3 Å². The molecule has 0 aliphatic rings. The van der Waals surface area contributed by atoms with Crippen molar-refractivity contribution in [2.45, 2.75) is 24.7 Å². The molecule has 0 saturated heterocycles. The number of benzene rings is 1. The number of rotatable bonds is 7. The first kappa shape index (κ1) is 19.8. The molecule has 0 radical (unpaired) electrons. The van der Waals surface area contributed by atoms with Crippen LogP contribution >= 0.6 is 11.8 Å². The van der Waals surface area contributed by atoms with Crippen molar-refractivity contribution in [3.63, 3.8) is 0 Å². The minimum absolute atomic E-state index is 0.140. The predicted octanol–water partition coefficient (Wildman–Crippen LogP) is 2.59. The number of para-hydroxylation sites is 1. The lowest BCUT2D eigenvalue weighted by atomic mass is 10.2. The number of nitrogens with zero attached hydrogens (tertiary/aromatic N) is 5.